The average molecular weight is 409 g/mol. The van der Waals surface area contributed by atoms with E-state index in [1.165, 1.54) is 13.0 Å². The van der Waals surface area contributed by atoms with Crippen LogP contribution < -0.4 is 10.6 Å². The van der Waals surface area contributed by atoms with E-state index in [9.17, 15) is 9.59 Å². The number of nitrogens with zero attached hydrogens (tertiary/aromatic N) is 2. The summed E-state index contributed by atoms with van der Waals surface area (Å²) in [7, 11) is 0. The Kier molecular flexibility index (Phi) is 7.45. The molecule has 2 aromatic rings. The van der Waals surface area contributed by atoms with E-state index in [1.807, 2.05) is 6.92 Å². The molecule has 144 valence electrons. The number of hydrogen-bond acceptors (Lipinski definition) is 3. The van der Waals surface area contributed by atoms with Gasteiger partial charge in [0.05, 0.1) is 16.4 Å². The van der Waals surface area contributed by atoms with Crippen LogP contribution in [0.5, 0.6) is 0 Å². The molecule has 2 rings (SSSR count). The van der Waals surface area contributed by atoms with Crippen molar-refractivity contribution in [3.05, 3.63) is 45.7 Å². The molecule has 27 heavy (non-hydrogen) atoms. The highest BCUT2D eigenvalue weighted by Crippen LogP contribution is 2.26. The van der Waals surface area contributed by atoms with Gasteiger partial charge in [-0.1, -0.05) is 36.5 Å². The van der Waals surface area contributed by atoms with Crippen molar-refractivity contribution < 1.29 is 9.59 Å². The highest BCUT2D eigenvalue weighted by Gasteiger charge is 2.11. The Morgan fingerprint density at radius 3 is 2.63 bits per heavy atom. The molecule has 0 aliphatic heterocycles. The summed E-state index contributed by atoms with van der Waals surface area (Å²) >= 11 is 12.5. The van der Waals surface area contributed by atoms with Crippen LogP contribution in [-0.2, 0) is 16.1 Å². The molecule has 2 amide bonds. The summed E-state index contributed by atoms with van der Waals surface area (Å²) < 4.78 is 1.75. The fraction of sp³-hybridized carbons (Fsp3) is 0.316. The van der Waals surface area contributed by atoms with Crippen molar-refractivity contribution in [2.45, 2.75) is 40.2 Å². The molecule has 0 atom stereocenters. The van der Waals surface area contributed by atoms with Gasteiger partial charge in [-0.25, -0.2) is 0 Å². The zero-order valence-corrected chi connectivity index (χ0v) is 17.0. The van der Waals surface area contributed by atoms with Crippen molar-refractivity contribution >= 4 is 52.5 Å². The van der Waals surface area contributed by atoms with Crippen LogP contribution >= 0.6 is 23.2 Å². The van der Waals surface area contributed by atoms with Crippen molar-refractivity contribution in [1.82, 2.24) is 9.78 Å². The van der Waals surface area contributed by atoms with E-state index in [-0.39, 0.29) is 11.8 Å². The third-order valence-electron chi connectivity index (χ3n) is 3.78. The molecule has 6 nitrogen and oxygen atoms in total. The predicted octanol–water partition coefficient (Wildman–Crippen LogP) is 4.91. The van der Waals surface area contributed by atoms with E-state index in [0.29, 0.717) is 21.6 Å². The van der Waals surface area contributed by atoms with Crippen LogP contribution in [0.15, 0.2) is 24.3 Å². The van der Waals surface area contributed by atoms with Gasteiger partial charge in [0, 0.05) is 30.8 Å². The lowest BCUT2D eigenvalue weighted by atomic mass is 10.2. The predicted molar refractivity (Wildman–Crippen MR) is 110 cm³/mol. The molecule has 0 radical (unpaired) electrons. The average Bonchev–Trinajstić information content (AvgIpc) is 2.86. The van der Waals surface area contributed by atoms with Gasteiger partial charge < -0.3 is 10.6 Å². The lowest BCUT2D eigenvalue weighted by Crippen LogP contribution is -2.09. The number of aryl methyl sites for hydroxylation is 2. The summed E-state index contributed by atoms with van der Waals surface area (Å²) in [6.45, 7) is 6.10. The van der Waals surface area contributed by atoms with Crippen molar-refractivity contribution in [3.8, 4) is 0 Å². The van der Waals surface area contributed by atoms with Gasteiger partial charge in [-0.3, -0.25) is 14.3 Å². The highest BCUT2D eigenvalue weighted by atomic mass is 35.5. The molecule has 0 aliphatic carbocycles. The minimum Gasteiger partial charge on any atom is -0.326 e. The van der Waals surface area contributed by atoms with Crippen molar-refractivity contribution in [2.75, 3.05) is 10.6 Å². The first-order chi connectivity index (χ1) is 12.8. The maximum absolute atomic E-state index is 12.2. The lowest BCUT2D eigenvalue weighted by molar-refractivity contribution is -0.114. The Bertz CT molecular complexity index is 875. The van der Waals surface area contributed by atoms with Crippen LogP contribution in [0, 0.1) is 6.92 Å². The fourth-order valence-corrected chi connectivity index (χ4v) is 2.99. The lowest BCUT2D eigenvalue weighted by Gasteiger charge is -2.08. The highest BCUT2D eigenvalue weighted by molar-refractivity contribution is 6.34. The Morgan fingerprint density at radius 2 is 2.00 bits per heavy atom. The number of hydrogen-bond donors (Lipinski definition) is 2. The molecule has 0 bridgehead atoms. The van der Waals surface area contributed by atoms with E-state index < -0.39 is 0 Å². The van der Waals surface area contributed by atoms with Crippen LogP contribution in [0.25, 0.3) is 6.08 Å². The molecule has 0 saturated carbocycles. The number of aromatic nitrogens is 2. The van der Waals surface area contributed by atoms with Gasteiger partial charge in [0.25, 0.3) is 0 Å². The van der Waals surface area contributed by atoms with Gasteiger partial charge in [-0.15, -0.1) is 0 Å². The number of nitrogens with one attached hydrogen (secondary N) is 2. The second-order valence-corrected chi connectivity index (χ2v) is 6.83. The van der Waals surface area contributed by atoms with E-state index in [2.05, 4.69) is 22.7 Å². The number of benzene rings is 1. The largest absolute Gasteiger partial charge is 0.326 e. The second kappa shape index (κ2) is 9.58. The first kappa shape index (κ1) is 21.0. The zero-order valence-electron chi connectivity index (χ0n) is 15.5. The maximum Gasteiger partial charge on any atom is 0.248 e. The summed E-state index contributed by atoms with van der Waals surface area (Å²) in [6.07, 6.45) is 5.06. The summed E-state index contributed by atoms with van der Waals surface area (Å²) in [5.74, 6) is -0.543. The van der Waals surface area contributed by atoms with Crippen LogP contribution in [0.1, 0.15) is 37.9 Å². The van der Waals surface area contributed by atoms with Gasteiger partial charge >= 0.3 is 0 Å². The van der Waals surface area contributed by atoms with Crippen LogP contribution in [0.3, 0.4) is 0 Å². The molecule has 1 aromatic heterocycles. The number of halogens is 2. The summed E-state index contributed by atoms with van der Waals surface area (Å²) in [6, 6.07) is 4.85. The Morgan fingerprint density at radius 1 is 1.26 bits per heavy atom. The molecule has 0 spiro atoms. The number of unbranched alkanes of at least 4 members (excludes halogenated alkanes) is 1. The van der Waals surface area contributed by atoms with E-state index in [0.717, 1.165) is 30.6 Å². The van der Waals surface area contributed by atoms with Crippen molar-refractivity contribution in [3.63, 3.8) is 0 Å². The molecule has 8 heteroatoms. The van der Waals surface area contributed by atoms with Crippen molar-refractivity contribution in [2.24, 2.45) is 0 Å². The minimum atomic E-state index is -0.346. The monoisotopic (exact) mass is 408 g/mol. The summed E-state index contributed by atoms with van der Waals surface area (Å²) in [5, 5.41) is 10.6. The topological polar surface area (TPSA) is 76.0 Å². The van der Waals surface area contributed by atoms with Crippen LogP contribution in [0.2, 0.25) is 10.2 Å². The summed E-state index contributed by atoms with van der Waals surface area (Å²) in [5.41, 5.74) is 2.48. The molecule has 0 unspecified atom stereocenters. The van der Waals surface area contributed by atoms with Crippen molar-refractivity contribution in [1.29, 1.82) is 0 Å². The zero-order chi connectivity index (χ0) is 20.0. The first-order valence-corrected chi connectivity index (χ1v) is 9.36. The smallest absolute Gasteiger partial charge is 0.248 e. The Balaban J connectivity index is 2.07. The van der Waals surface area contributed by atoms with Gasteiger partial charge in [0.15, 0.2) is 0 Å². The fourth-order valence-electron chi connectivity index (χ4n) is 2.44. The summed E-state index contributed by atoms with van der Waals surface area (Å²) in [4.78, 5) is 23.3. The normalized spacial score (nSPS) is 11.0. The molecule has 0 fully saturated rings. The SMILES string of the molecule is CCCCn1nc(C)c(/C=C/C(=O)Nc2ccc(NC(C)=O)cc2Cl)c1Cl. The van der Waals surface area contributed by atoms with Gasteiger partial charge in [-0.2, -0.15) is 5.10 Å². The van der Waals surface area contributed by atoms with Gasteiger partial charge in [0.1, 0.15) is 5.15 Å². The number of rotatable bonds is 7. The molecule has 1 aromatic carbocycles. The number of anilines is 2. The Labute approximate surface area is 168 Å². The quantitative estimate of drug-likeness (QED) is 0.638. The molecule has 2 N–H and O–H groups in total. The van der Waals surface area contributed by atoms with E-state index >= 15 is 0 Å². The van der Waals surface area contributed by atoms with Gasteiger partial charge in [0.2, 0.25) is 11.8 Å². The maximum atomic E-state index is 12.2. The molecular formula is C19H22Cl2N4O2. The molecular weight excluding hydrogens is 387 g/mol. The van der Waals surface area contributed by atoms with Crippen LogP contribution in [-0.4, -0.2) is 21.6 Å². The van der Waals surface area contributed by atoms with Crippen LogP contribution in [0.4, 0.5) is 11.4 Å². The number of amides is 2. The third kappa shape index (κ3) is 5.84. The minimum absolute atomic E-state index is 0.197. The molecule has 0 saturated heterocycles. The van der Waals surface area contributed by atoms with Gasteiger partial charge in [-0.05, 0) is 37.6 Å². The standard InChI is InChI=1S/C19H22Cl2N4O2/c1-4-5-10-25-19(21)15(12(2)24-25)7-9-18(27)23-17-8-6-14(11-16(17)20)22-13(3)26/h6-9,11H,4-5,10H2,1-3H3,(H,22,26)(H,23,27)/b9-7+. The molecule has 0 aliphatic rings. The van der Waals surface area contributed by atoms with E-state index in [4.69, 9.17) is 23.2 Å². The molecule has 1 heterocycles. The first-order valence-electron chi connectivity index (χ1n) is 8.61. The van der Waals surface area contributed by atoms with E-state index in [1.54, 1.807) is 29.0 Å². The number of carbonyl (C=O) groups is 2. The Hall–Kier alpha value is -2.31. The third-order valence-corrected chi connectivity index (χ3v) is 4.49. The number of carbonyl (C=O) groups excluding carboxylic acids is 2. The second-order valence-electron chi connectivity index (χ2n) is 6.06.